The predicted molar refractivity (Wildman–Crippen MR) is 381 cm³/mol. The monoisotopic (exact) mass is 1380 g/mol. The van der Waals surface area contributed by atoms with Gasteiger partial charge in [-0.15, -0.1) is 0 Å². The highest BCUT2D eigenvalue weighted by Crippen LogP contribution is 2.45. The molecular formula is C75H146O17P2. The van der Waals surface area contributed by atoms with E-state index in [1.54, 1.807) is 0 Å². The first-order valence-electron chi connectivity index (χ1n) is 38.7. The zero-order valence-electron chi connectivity index (χ0n) is 61.6. The highest BCUT2D eigenvalue weighted by molar-refractivity contribution is 7.47. The van der Waals surface area contributed by atoms with E-state index in [0.717, 1.165) is 120 Å². The van der Waals surface area contributed by atoms with Gasteiger partial charge in [0.2, 0.25) is 0 Å². The summed E-state index contributed by atoms with van der Waals surface area (Å²) in [6.07, 6.45) is 48.5. The van der Waals surface area contributed by atoms with Crippen LogP contribution in [0.4, 0.5) is 0 Å². The second-order valence-electron chi connectivity index (χ2n) is 28.7. The van der Waals surface area contributed by atoms with Crippen LogP contribution >= 0.6 is 15.6 Å². The average Bonchev–Trinajstić information content (AvgIpc) is 1.74. The van der Waals surface area contributed by atoms with Crippen molar-refractivity contribution in [2.24, 2.45) is 23.7 Å². The summed E-state index contributed by atoms with van der Waals surface area (Å²) in [5.74, 6) is 0.930. The molecule has 0 aromatic heterocycles. The van der Waals surface area contributed by atoms with Crippen molar-refractivity contribution in [2.75, 3.05) is 39.6 Å². The maximum Gasteiger partial charge on any atom is 0.472 e. The standard InChI is InChI=1S/C75H146O17P2/c1-9-68(8)54-46-38-33-34-40-48-56-73(78)86-62-71(92-75(80)57-49-41-31-25-17-12-10-11-15-21-27-35-43-51-65(2)3)64-90-94(83,84)88-60-69(76)59-87-93(81,82)89-63-70(61-85-72(77)55-47-39-30-24-20-19-23-29-37-45-53-67(6)7)91-74(79)58-50-42-32-26-18-14-13-16-22-28-36-44-52-66(4)5/h65-71,76H,9-64H2,1-8H3,(H,81,82)(H,83,84)/t68?,69-,70-,71-/m1/s1. The quantitative estimate of drug-likeness (QED) is 0.0222. The van der Waals surface area contributed by atoms with Gasteiger partial charge in [0, 0.05) is 25.7 Å². The van der Waals surface area contributed by atoms with Crippen LogP contribution in [-0.2, 0) is 65.4 Å². The second kappa shape index (κ2) is 64.4. The number of ether oxygens (including phenoxy) is 4. The van der Waals surface area contributed by atoms with Gasteiger partial charge in [-0.2, -0.15) is 0 Å². The Morgan fingerprint density at radius 2 is 0.511 bits per heavy atom. The number of aliphatic hydroxyl groups excluding tert-OH is 1. The lowest BCUT2D eigenvalue weighted by Gasteiger charge is -2.21. The fraction of sp³-hybridized carbons (Fsp3) is 0.947. The SMILES string of the molecule is CCC(C)CCCCCCCCC(=O)OC[C@H](COP(=O)(O)OC[C@H](O)COP(=O)(O)OC[C@@H](COC(=O)CCCCCCCCCCCCC(C)C)OC(=O)CCCCCCCCCCCCCCC(C)C)OC(=O)CCCCCCCCCCCCCCCC(C)C. The molecule has 0 heterocycles. The minimum atomic E-state index is -4.96. The molecule has 19 heteroatoms. The molecule has 0 fully saturated rings. The number of phosphoric acid groups is 2. The number of aliphatic hydroxyl groups is 1. The first-order valence-corrected chi connectivity index (χ1v) is 41.7. The molecule has 3 unspecified atom stereocenters. The van der Waals surface area contributed by atoms with Crippen LogP contribution in [0.15, 0.2) is 0 Å². The maximum atomic E-state index is 13.1. The number of hydrogen-bond acceptors (Lipinski definition) is 15. The smallest absolute Gasteiger partial charge is 0.462 e. The molecule has 0 aliphatic rings. The molecular weight excluding hydrogens is 1230 g/mol. The molecule has 0 saturated heterocycles. The topological polar surface area (TPSA) is 237 Å². The summed E-state index contributed by atoms with van der Waals surface area (Å²) in [5.41, 5.74) is 0. The number of carbonyl (C=O) groups excluding carboxylic acids is 4. The van der Waals surface area contributed by atoms with Crippen molar-refractivity contribution in [3.8, 4) is 0 Å². The number of esters is 4. The van der Waals surface area contributed by atoms with E-state index in [2.05, 4.69) is 55.4 Å². The molecule has 0 bridgehead atoms. The lowest BCUT2D eigenvalue weighted by molar-refractivity contribution is -0.161. The molecule has 94 heavy (non-hydrogen) atoms. The Balaban J connectivity index is 5.26. The molecule has 0 spiro atoms. The van der Waals surface area contributed by atoms with Crippen molar-refractivity contribution in [1.29, 1.82) is 0 Å². The summed E-state index contributed by atoms with van der Waals surface area (Å²) in [6.45, 7) is 14.2. The fourth-order valence-corrected chi connectivity index (χ4v) is 12.9. The highest BCUT2D eigenvalue weighted by atomic mass is 31.2. The number of hydrogen-bond donors (Lipinski definition) is 3. The molecule has 0 aromatic carbocycles. The van der Waals surface area contributed by atoms with Gasteiger partial charge in [-0.3, -0.25) is 37.3 Å². The summed E-state index contributed by atoms with van der Waals surface area (Å²) in [7, 11) is -9.91. The molecule has 0 aromatic rings. The van der Waals surface area contributed by atoms with E-state index >= 15 is 0 Å². The van der Waals surface area contributed by atoms with Gasteiger partial charge >= 0.3 is 39.5 Å². The van der Waals surface area contributed by atoms with Crippen molar-refractivity contribution in [3.05, 3.63) is 0 Å². The molecule has 17 nitrogen and oxygen atoms in total. The zero-order valence-corrected chi connectivity index (χ0v) is 63.4. The van der Waals surface area contributed by atoms with Crippen LogP contribution in [-0.4, -0.2) is 96.7 Å². The maximum absolute atomic E-state index is 13.1. The normalized spacial score (nSPS) is 14.4. The van der Waals surface area contributed by atoms with E-state index in [4.69, 9.17) is 37.0 Å². The van der Waals surface area contributed by atoms with E-state index < -0.39 is 97.5 Å². The zero-order chi connectivity index (χ0) is 69.6. The Bertz CT molecular complexity index is 1850. The molecule has 558 valence electrons. The third-order valence-electron chi connectivity index (χ3n) is 17.7. The number of rotatable bonds is 72. The molecule has 0 aliphatic carbocycles. The summed E-state index contributed by atoms with van der Waals surface area (Å²) in [6, 6.07) is 0. The summed E-state index contributed by atoms with van der Waals surface area (Å²) in [4.78, 5) is 72.8. The molecule has 3 N–H and O–H groups in total. The Kier molecular flexibility index (Phi) is 63.1. The molecule has 6 atom stereocenters. The van der Waals surface area contributed by atoms with Gasteiger partial charge in [-0.05, 0) is 49.4 Å². The summed E-state index contributed by atoms with van der Waals surface area (Å²) < 4.78 is 68.5. The van der Waals surface area contributed by atoms with Gasteiger partial charge in [0.1, 0.15) is 19.3 Å². The highest BCUT2D eigenvalue weighted by Gasteiger charge is 2.30. The predicted octanol–water partition coefficient (Wildman–Crippen LogP) is 21.7. The van der Waals surface area contributed by atoms with Gasteiger partial charge in [0.05, 0.1) is 26.4 Å². The van der Waals surface area contributed by atoms with E-state index in [1.807, 2.05) is 0 Å². The minimum absolute atomic E-state index is 0.106. The Hall–Kier alpha value is -1.94. The van der Waals surface area contributed by atoms with E-state index in [0.29, 0.717) is 25.7 Å². The van der Waals surface area contributed by atoms with Crippen molar-refractivity contribution in [2.45, 2.75) is 395 Å². The van der Waals surface area contributed by atoms with Crippen LogP contribution in [0.3, 0.4) is 0 Å². The van der Waals surface area contributed by atoms with Crippen molar-refractivity contribution >= 4 is 39.5 Å². The third-order valence-corrected chi connectivity index (χ3v) is 19.6. The minimum Gasteiger partial charge on any atom is -0.462 e. The van der Waals surface area contributed by atoms with E-state index in [9.17, 15) is 43.2 Å². The van der Waals surface area contributed by atoms with Gasteiger partial charge in [-0.25, -0.2) is 9.13 Å². The largest absolute Gasteiger partial charge is 0.472 e. The molecule has 0 amide bonds. The van der Waals surface area contributed by atoms with E-state index in [1.165, 1.54) is 173 Å². The Labute approximate surface area is 575 Å². The van der Waals surface area contributed by atoms with Crippen LogP contribution in [0.25, 0.3) is 0 Å². The van der Waals surface area contributed by atoms with Gasteiger partial charge in [0.15, 0.2) is 12.2 Å². The number of carbonyl (C=O) groups is 4. The molecule has 0 rings (SSSR count). The Morgan fingerprint density at radius 1 is 0.298 bits per heavy atom. The first kappa shape index (κ1) is 92.1. The number of phosphoric ester groups is 2. The summed E-state index contributed by atoms with van der Waals surface area (Å²) >= 11 is 0. The van der Waals surface area contributed by atoms with Crippen molar-refractivity contribution in [1.82, 2.24) is 0 Å². The van der Waals surface area contributed by atoms with Gasteiger partial charge < -0.3 is 33.8 Å². The second-order valence-corrected chi connectivity index (χ2v) is 31.6. The molecule has 0 radical (unpaired) electrons. The van der Waals surface area contributed by atoms with Crippen LogP contribution in [0, 0.1) is 23.7 Å². The van der Waals surface area contributed by atoms with Crippen LogP contribution in [0.2, 0.25) is 0 Å². The Morgan fingerprint density at radius 3 is 0.755 bits per heavy atom. The van der Waals surface area contributed by atoms with Crippen molar-refractivity contribution < 1.29 is 80.2 Å². The molecule has 0 aliphatic heterocycles. The van der Waals surface area contributed by atoms with Crippen LogP contribution < -0.4 is 0 Å². The van der Waals surface area contributed by atoms with Crippen LogP contribution in [0.1, 0.15) is 376 Å². The van der Waals surface area contributed by atoms with Crippen molar-refractivity contribution in [3.63, 3.8) is 0 Å². The summed E-state index contributed by atoms with van der Waals surface area (Å²) in [5, 5.41) is 10.6. The van der Waals surface area contributed by atoms with Gasteiger partial charge in [-0.1, -0.05) is 325 Å². The molecule has 0 saturated carbocycles. The fourth-order valence-electron chi connectivity index (χ4n) is 11.3. The number of unbranched alkanes of at least 4 members (excludes halogenated alkanes) is 37. The first-order chi connectivity index (χ1) is 45.1. The average molecular weight is 1380 g/mol. The van der Waals surface area contributed by atoms with Gasteiger partial charge in [0.25, 0.3) is 0 Å². The van der Waals surface area contributed by atoms with Crippen LogP contribution in [0.5, 0.6) is 0 Å². The van der Waals surface area contributed by atoms with E-state index in [-0.39, 0.29) is 25.7 Å². The lowest BCUT2D eigenvalue weighted by atomic mass is 10.00. The lowest BCUT2D eigenvalue weighted by Crippen LogP contribution is -2.30. The third kappa shape index (κ3) is 67.3.